The number of hydrogen-bond donors (Lipinski definition) is 1. The van der Waals surface area contributed by atoms with E-state index in [1.165, 1.54) is 6.20 Å². The molecule has 7 heteroatoms. The van der Waals surface area contributed by atoms with Crippen LogP contribution in [0.15, 0.2) is 85.6 Å². The summed E-state index contributed by atoms with van der Waals surface area (Å²) in [5.41, 5.74) is 2.58. The molecule has 0 bridgehead atoms. The first-order valence-corrected chi connectivity index (χ1v) is 8.69. The fourth-order valence-electron chi connectivity index (χ4n) is 2.64. The summed E-state index contributed by atoms with van der Waals surface area (Å²) in [7, 11) is 0. The summed E-state index contributed by atoms with van der Waals surface area (Å²) in [5, 5.41) is 7.07. The number of hydrogen-bond acceptors (Lipinski definition) is 5. The highest BCUT2D eigenvalue weighted by atomic mass is 16.5. The van der Waals surface area contributed by atoms with Crippen molar-refractivity contribution in [3.05, 3.63) is 91.1 Å². The van der Waals surface area contributed by atoms with Gasteiger partial charge >= 0.3 is 0 Å². The van der Waals surface area contributed by atoms with Gasteiger partial charge in [0.1, 0.15) is 5.75 Å². The zero-order valence-corrected chi connectivity index (χ0v) is 14.9. The number of nitrogens with one attached hydrogen (secondary N) is 1. The molecule has 138 valence electrons. The van der Waals surface area contributed by atoms with Gasteiger partial charge in [-0.15, -0.1) is 0 Å². The number of anilines is 1. The Morgan fingerprint density at radius 3 is 2.50 bits per heavy atom. The van der Waals surface area contributed by atoms with E-state index >= 15 is 0 Å². The third-order valence-corrected chi connectivity index (χ3v) is 3.97. The smallest absolute Gasteiger partial charge is 0.237 e. The number of nitrogens with zero attached hydrogens (tertiary/aromatic N) is 4. The van der Waals surface area contributed by atoms with Crippen molar-refractivity contribution in [2.75, 3.05) is 5.32 Å². The molecule has 0 aliphatic heterocycles. The first-order chi connectivity index (χ1) is 13.8. The van der Waals surface area contributed by atoms with Gasteiger partial charge in [0.25, 0.3) is 0 Å². The molecule has 4 rings (SSSR count). The zero-order valence-electron chi connectivity index (χ0n) is 14.9. The van der Waals surface area contributed by atoms with Crippen LogP contribution in [0.2, 0.25) is 0 Å². The second-order valence-electron chi connectivity index (χ2n) is 6.01. The summed E-state index contributed by atoms with van der Waals surface area (Å²) < 4.78 is 7.35. The van der Waals surface area contributed by atoms with E-state index in [0.717, 1.165) is 11.3 Å². The van der Waals surface area contributed by atoms with E-state index in [0.29, 0.717) is 17.3 Å². The number of carbonyl (C=O) groups excluding carboxylic acids is 1. The van der Waals surface area contributed by atoms with E-state index < -0.39 is 0 Å². The van der Waals surface area contributed by atoms with Gasteiger partial charge in [-0.05, 0) is 48.0 Å². The van der Waals surface area contributed by atoms with Gasteiger partial charge in [0.15, 0.2) is 0 Å². The van der Waals surface area contributed by atoms with Crippen LogP contribution in [0.5, 0.6) is 11.6 Å². The van der Waals surface area contributed by atoms with E-state index in [-0.39, 0.29) is 12.3 Å². The molecule has 1 N–H and O–H groups in total. The average Bonchev–Trinajstić information content (AvgIpc) is 3.26. The van der Waals surface area contributed by atoms with Gasteiger partial charge in [-0.1, -0.05) is 12.1 Å². The van der Waals surface area contributed by atoms with Crippen molar-refractivity contribution in [1.82, 2.24) is 19.7 Å². The highest BCUT2D eigenvalue weighted by Crippen LogP contribution is 2.20. The van der Waals surface area contributed by atoms with E-state index in [4.69, 9.17) is 4.74 Å². The standard InChI is InChI=1S/C21H17N5O2/c27-20(14-16-2-6-18(7-3-16)26-13-1-10-24-26)25-17-4-8-19(9-5-17)28-21-15-22-11-12-23-21/h1-13,15H,14H2,(H,25,27). The number of amides is 1. The molecular formula is C21H17N5O2. The molecule has 0 fully saturated rings. The van der Waals surface area contributed by atoms with Crippen LogP contribution in [-0.2, 0) is 11.2 Å². The first kappa shape index (κ1) is 17.4. The molecule has 1 amide bonds. The minimum atomic E-state index is -0.0885. The van der Waals surface area contributed by atoms with Crippen molar-refractivity contribution in [2.24, 2.45) is 0 Å². The number of carbonyl (C=O) groups is 1. The lowest BCUT2D eigenvalue weighted by molar-refractivity contribution is -0.115. The highest BCUT2D eigenvalue weighted by molar-refractivity contribution is 5.92. The van der Waals surface area contributed by atoms with Crippen LogP contribution in [0.3, 0.4) is 0 Å². The summed E-state index contributed by atoms with van der Waals surface area (Å²) in [4.78, 5) is 20.3. The number of rotatable bonds is 6. The van der Waals surface area contributed by atoms with Crippen LogP contribution >= 0.6 is 0 Å². The molecule has 7 nitrogen and oxygen atoms in total. The molecule has 2 aromatic carbocycles. The lowest BCUT2D eigenvalue weighted by Gasteiger charge is -2.08. The lowest BCUT2D eigenvalue weighted by atomic mass is 10.1. The number of ether oxygens (including phenoxy) is 1. The summed E-state index contributed by atoms with van der Waals surface area (Å²) in [6.45, 7) is 0. The van der Waals surface area contributed by atoms with Crippen LogP contribution in [0.4, 0.5) is 5.69 Å². The van der Waals surface area contributed by atoms with Gasteiger partial charge in [0.05, 0.1) is 18.3 Å². The molecule has 0 saturated carbocycles. The van der Waals surface area contributed by atoms with Gasteiger partial charge in [0, 0.05) is 30.5 Å². The average molecular weight is 371 g/mol. The van der Waals surface area contributed by atoms with E-state index in [2.05, 4.69) is 20.4 Å². The molecular weight excluding hydrogens is 354 g/mol. The third-order valence-electron chi connectivity index (χ3n) is 3.97. The first-order valence-electron chi connectivity index (χ1n) is 8.69. The Kier molecular flexibility index (Phi) is 5.06. The molecule has 28 heavy (non-hydrogen) atoms. The summed E-state index contributed by atoms with van der Waals surface area (Å²) in [6.07, 6.45) is 8.57. The van der Waals surface area contributed by atoms with Crippen LogP contribution in [-0.4, -0.2) is 25.7 Å². The van der Waals surface area contributed by atoms with E-state index in [9.17, 15) is 4.79 Å². The zero-order chi connectivity index (χ0) is 19.2. The van der Waals surface area contributed by atoms with Gasteiger partial charge < -0.3 is 10.1 Å². The van der Waals surface area contributed by atoms with Crippen molar-refractivity contribution >= 4 is 11.6 Å². The molecule has 0 spiro atoms. The molecule has 4 aromatic rings. The van der Waals surface area contributed by atoms with Crippen LogP contribution in [0.25, 0.3) is 5.69 Å². The topological polar surface area (TPSA) is 81.9 Å². The molecule has 0 aliphatic carbocycles. The van der Waals surface area contributed by atoms with Crippen LogP contribution in [0, 0.1) is 0 Å². The Bertz CT molecular complexity index is 1030. The Morgan fingerprint density at radius 2 is 1.82 bits per heavy atom. The van der Waals surface area contributed by atoms with E-state index in [1.807, 2.05) is 36.5 Å². The van der Waals surface area contributed by atoms with Gasteiger partial charge in [0.2, 0.25) is 11.8 Å². The third kappa shape index (κ3) is 4.39. The summed E-state index contributed by atoms with van der Waals surface area (Å²) >= 11 is 0. The molecule has 2 heterocycles. The number of benzene rings is 2. The van der Waals surface area contributed by atoms with Crippen molar-refractivity contribution in [3.63, 3.8) is 0 Å². The fourth-order valence-corrected chi connectivity index (χ4v) is 2.64. The van der Waals surface area contributed by atoms with Crippen molar-refractivity contribution in [1.29, 1.82) is 0 Å². The van der Waals surface area contributed by atoms with Gasteiger partial charge in [-0.3, -0.25) is 9.78 Å². The largest absolute Gasteiger partial charge is 0.438 e. The molecule has 0 unspecified atom stereocenters. The Morgan fingerprint density at radius 1 is 1.00 bits per heavy atom. The van der Waals surface area contributed by atoms with Crippen molar-refractivity contribution < 1.29 is 9.53 Å². The molecule has 0 atom stereocenters. The minimum Gasteiger partial charge on any atom is -0.438 e. The minimum absolute atomic E-state index is 0.0885. The summed E-state index contributed by atoms with van der Waals surface area (Å²) in [6, 6.07) is 16.7. The maximum absolute atomic E-state index is 12.3. The normalized spacial score (nSPS) is 10.4. The molecule has 2 aromatic heterocycles. The predicted octanol–water partition coefficient (Wildman–Crippen LogP) is 3.64. The second-order valence-corrected chi connectivity index (χ2v) is 6.01. The van der Waals surface area contributed by atoms with E-state index in [1.54, 1.807) is 47.5 Å². The fraction of sp³-hybridized carbons (Fsp3) is 0.0476. The van der Waals surface area contributed by atoms with Crippen LogP contribution in [0.1, 0.15) is 5.56 Å². The maximum Gasteiger partial charge on any atom is 0.237 e. The SMILES string of the molecule is O=C(Cc1ccc(-n2cccn2)cc1)Nc1ccc(Oc2cnccn2)cc1. The number of aromatic nitrogens is 4. The van der Waals surface area contributed by atoms with Crippen LogP contribution < -0.4 is 10.1 Å². The predicted molar refractivity (Wildman–Crippen MR) is 104 cm³/mol. The van der Waals surface area contributed by atoms with Gasteiger partial charge in [-0.2, -0.15) is 5.10 Å². The maximum atomic E-state index is 12.3. The Balaban J connectivity index is 1.33. The van der Waals surface area contributed by atoms with Crippen molar-refractivity contribution in [2.45, 2.75) is 6.42 Å². The summed E-state index contributed by atoms with van der Waals surface area (Å²) in [5.74, 6) is 0.944. The monoisotopic (exact) mass is 371 g/mol. The highest BCUT2D eigenvalue weighted by Gasteiger charge is 2.06. The quantitative estimate of drug-likeness (QED) is 0.560. The molecule has 0 aliphatic rings. The van der Waals surface area contributed by atoms with Gasteiger partial charge in [-0.25, -0.2) is 9.67 Å². The molecule has 0 saturated heterocycles. The van der Waals surface area contributed by atoms with Crippen molar-refractivity contribution in [3.8, 4) is 17.3 Å². The Hall–Kier alpha value is -4.00. The second kappa shape index (κ2) is 8.13. The Labute approximate surface area is 161 Å². The molecule has 0 radical (unpaired) electrons. The lowest BCUT2D eigenvalue weighted by Crippen LogP contribution is -2.14.